The molecular weight excluding hydrogens is 332 g/mol. The van der Waals surface area contributed by atoms with E-state index in [2.05, 4.69) is 26.3 Å². The van der Waals surface area contributed by atoms with Gasteiger partial charge in [-0.15, -0.1) is 0 Å². The second-order valence-electron chi connectivity index (χ2n) is 5.82. The van der Waals surface area contributed by atoms with Crippen molar-refractivity contribution in [1.82, 2.24) is 15.3 Å². The first-order chi connectivity index (χ1) is 12.3. The highest BCUT2D eigenvalue weighted by atomic mass is 32.1. The summed E-state index contributed by atoms with van der Waals surface area (Å²) in [6.45, 7) is 0. The number of rotatable bonds is 4. The van der Waals surface area contributed by atoms with Gasteiger partial charge in [0.15, 0.2) is 5.11 Å². The third kappa shape index (κ3) is 2.85. The first-order valence-electron chi connectivity index (χ1n) is 8.06. The minimum Gasteiger partial charge on any atom is -0.497 e. The number of nitrogens with zero attached hydrogens (tertiary/aromatic N) is 2. The van der Waals surface area contributed by atoms with Crippen molar-refractivity contribution < 1.29 is 4.74 Å². The number of hydrogen-bond acceptors (Lipinski definition) is 3. The van der Waals surface area contributed by atoms with Crippen molar-refractivity contribution in [2.45, 2.75) is 12.1 Å². The van der Waals surface area contributed by atoms with Crippen LogP contribution in [0.1, 0.15) is 23.5 Å². The summed E-state index contributed by atoms with van der Waals surface area (Å²) in [7, 11) is 1.67. The van der Waals surface area contributed by atoms with Gasteiger partial charge < -0.3 is 19.9 Å². The molecule has 0 saturated carbocycles. The van der Waals surface area contributed by atoms with Gasteiger partial charge in [0.25, 0.3) is 0 Å². The van der Waals surface area contributed by atoms with Crippen molar-refractivity contribution >= 4 is 23.0 Å². The zero-order chi connectivity index (χ0) is 17.2. The molecule has 3 heterocycles. The topological polar surface area (TPSA) is 53.2 Å². The van der Waals surface area contributed by atoms with Gasteiger partial charge in [0.1, 0.15) is 11.8 Å². The van der Waals surface area contributed by atoms with Crippen LogP contribution in [-0.2, 0) is 0 Å². The molecule has 0 unspecified atom stereocenters. The van der Waals surface area contributed by atoms with Crippen LogP contribution in [0.15, 0.2) is 67.0 Å². The van der Waals surface area contributed by atoms with E-state index in [9.17, 15) is 0 Å². The van der Waals surface area contributed by atoms with Crippen molar-refractivity contribution in [2.75, 3.05) is 12.0 Å². The van der Waals surface area contributed by atoms with Gasteiger partial charge in [0.2, 0.25) is 0 Å². The SMILES string of the molecule is COc1cccc(N2C(=S)N[C@@H](c3ccccn3)[C@H]2c2ccc[nH]2)c1. The van der Waals surface area contributed by atoms with Gasteiger partial charge in [-0.3, -0.25) is 4.98 Å². The molecule has 5 nitrogen and oxygen atoms in total. The molecule has 0 radical (unpaired) electrons. The zero-order valence-corrected chi connectivity index (χ0v) is 14.5. The van der Waals surface area contributed by atoms with E-state index in [1.807, 2.05) is 54.7 Å². The minimum absolute atomic E-state index is 0.0236. The summed E-state index contributed by atoms with van der Waals surface area (Å²) in [5.41, 5.74) is 3.01. The lowest BCUT2D eigenvalue weighted by molar-refractivity contribution is 0.414. The summed E-state index contributed by atoms with van der Waals surface area (Å²) in [6.07, 6.45) is 3.73. The minimum atomic E-state index is -0.0430. The summed E-state index contributed by atoms with van der Waals surface area (Å²) in [4.78, 5) is 9.97. The van der Waals surface area contributed by atoms with E-state index in [4.69, 9.17) is 17.0 Å². The van der Waals surface area contributed by atoms with Gasteiger partial charge in [-0.25, -0.2) is 0 Å². The van der Waals surface area contributed by atoms with Crippen LogP contribution in [-0.4, -0.2) is 22.2 Å². The second-order valence-corrected chi connectivity index (χ2v) is 6.21. The fourth-order valence-corrected chi connectivity index (χ4v) is 3.58. The lowest BCUT2D eigenvalue weighted by atomic mass is 10.0. The molecule has 0 aliphatic carbocycles. The van der Waals surface area contributed by atoms with Crippen molar-refractivity contribution in [2.24, 2.45) is 0 Å². The Morgan fingerprint density at radius 2 is 2.04 bits per heavy atom. The van der Waals surface area contributed by atoms with Crippen molar-refractivity contribution in [1.29, 1.82) is 0 Å². The highest BCUT2D eigenvalue weighted by Crippen LogP contribution is 2.41. The molecule has 25 heavy (non-hydrogen) atoms. The van der Waals surface area contributed by atoms with Crippen LogP contribution in [0, 0.1) is 0 Å². The van der Waals surface area contributed by atoms with E-state index in [1.54, 1.807) is 13.3 Å². The molecule has 2 N–H and O–H groups in total. The van der Waals surface area contributed by atoms with Crippen LogP contribution in [0.2, 0.25) is 0 Å². The maximum absolute atomic E-state index is 5.66. The lowest BCUT2D eigenvalue weighted by Crippen LogP contribution is -2.29. The number of nitrogens with one attached hydrogen (secondary N) is 2. The van der Waals surface area contributed by atoms with E-state index in [-0.39, 0.29) is 12.1 Å². The standard InChI is InChI=1S/C19H18N4OS/c1-24-14-7-4-6-13(12-14)23-18(16-9-5-11-21-16)17(22-19(23)25)15-8-2-3-10-20-15/h2-12,17-18,21H,1H3,(H,22,25)/t17-,18+/m0/s1. The third-order valence-corrected chi connectivity index (χ3v) is 4.68. The monoisotopic (exact) mass is 350 g/mol. The summed E-state index contributed by atoms with van der Waals surface area (Å²) >= 11 is 5.66. The van der Waals surface area contributed by atoms with Crippen LogP contribution in [0.5, 0.6) is 5.75 Å². The molecular formula is C19H18N4OS. The average molecular weight is 350 g/mol. The molecule has 3 aromatic rings. The number of thiocarbonyl (C=S) groups is 1. The Hall–Kier alpha value is -2.86. The lowest BCUT2D eigenvalue weighted by Gasteiger charge is -2.27. The summed E-state index contributed by atoms with van der Waals surface area (Å²) in [5, 5.41) is 4.10. The Bertz CT molecular complexity index is 866. The van der Waals surface area contributed by atoms with Crippen LogP contribution >= 0.6 is 12.2 Å². The molecule has 6 heteroatoms. The normalized spacial score (nSPS) is 19.7. The van der Waals surface area contributed by atoms with Gasteiger partial charge in [-0.05, 0) is 48.6 Å². The van der Waals surface area contributed by atoms with Crippen molar-refractivity contribution in [3.8, 4) is 5.75 Å². The summed E-state index contributed by atoms with van der Waals surface area (Å²) < 4.78 is 5.38. The first-order valence-corrected chi connectivity index (χ1v) is 8.47. The molecule has 126 valence electrons. The Morgan fingerprint density at radius 3 is 2.76 bits per heavy atom. The average Bonchev–Trinajstić information content (AvgIpc) is 3.30. The maximum Gasteiger partial charge on any atom is 0.174 e. The number of anilines is 1. The molecule has 4 rings (SSSR count). The molecule has 1 saturated heterocycles. The van der Waals surface area contributed by atoms with Gasteiger partial charge >= 0.3 is 0 Å². The molecule has 0 amide bonds. The number of hydrogen-bond donors (Lipinski definition) is 2. The largest absolute Gasteiger partial charge is 0.497 e. The van der Waals surface area contributed by atoms with Crippen molar-refractivity contribution in [3.05, 3.63) is 78.4 Å². The Kier molecular flexibility index (Phi) is 4.11. The Morgan fingerprint density at radius 1 is 1.12 bits per heavy atom. The first kappa shape index (κ1) is 15.7. The molecule has 2 aromatic heterocycles. The fraction of sp³-hybridized carbons (Fsp3) is 0.158. The zero-order valence-electron chi connectivity index (χ0n) is 13.7. The van der Waals surface area contributed by atoms with E-state index in [1.165, 1.54) is 0 Å². The van der Waals surface area contributed by atoms with E-state index < -0.39 is 0 Å². The van der Waals surface area contributed by atoms with Crippen LogP contribution < -0.4 is 15.0 Å². The van der Waals surface area contributed by atoms with Crippen LogP contribution in [0.3, 0.4) is 0 Å². The molecule has 0 spiro atoms. The maximum atomic E-state index is 5.66. The smallest absolute Gasteiger partial charge is 0.174 e. The molecule has 1 fully saturated rings. The van der Waals surface area contributed by atoms with Gasteiger partial charge in [0.05, 0.1) is 18.8 Å². The number of aromatic amines is 1. The predicted octanol–water partition coefficient (Wildman–Crippen LogP) is 3.60. The molecule has 1 aromatic carbocycles. The van der Waals surface area contributed by atoms with E-state index in [0.29, 0.717) is 5.11 Å². The number of pyridine rings is 1. The molecule has 1 aliphatic rings. The summed E-state index contributed by atoms with van der Waals surface area (Å²) in [5.74, 6) is 0.798. The summed E-state index contributed by atoms with van der Waals surface area (Å²) in [6, 6.07) is 17.9. The number of aromatic nitrogens is 2. The quantitative estimate of drug-likeness (QED) is 0.704. The van der Waals surface area contributed by atoms with Gasteiger partial charge in [0, 0.05) is 29.8 Å². The highest BCUT2D eigenvalue weighted by Gasteiger charge is 2.41. The van der Waals surface area contributed by atoms with E-state index in [0.717, 1.165) is 22.8 Å². The second kappa shape index (κ2) is 6.57. The van der Waals surface area contributed by atoms with Crippen molar-refractivity contribution in [3.63, 3.8) is 0 Å². The third-order valence-electron chi connectivity index (χ3n) is 4.37. The fourth-order valence-electron chi connectivity index (χ4n) is 3.24. The number of H-pyrrole nitrogens is 1. The van der Waals surface area contributed by atoms with Crippen LogP contribution in [0.25, 0.3) is 0 Å². The molecule has 2 atom stereocenters. The highest BCUT2D eigenvalue weighted by molar-refractivity contribution is 7.80. The Labute approximate surface area is 151 Å². The molecule has 1 aliphatic heterocycles. The van der Waals surface area contributed by atoms with Crippen LogP contribution in [0.4, 0.5) is 5.69 Å². The number of benzene rings is 1. The number of methoxy groups -OCH3 is 1. The Balaban J connectivity index is 1.80. The van der Waals surface area contributed by atoms with Gasteiger partial charge in [-0.2, -0.15) is 0 Å². The molecule has 0 bridgehead atoms. The predicted molar refractivity (Wildman–Crippen MR) is 102 cm³/mol. The van der Waals surface area contributed by atoms with E-state index >= 15 is 0 Å². The van der Waals surface area contributed by atoms with Gasteiger partial charge in [-0.1, -0.05) is 12.1 Å². The number of ether oxygens (including phenoxy) is 1.